The number of rotatable bonds is 4. The number of hydrogen-bond donors (Lipinski definition) is 1. The number of pyridine rings is 1. The van der Waals surface area contributed by atoms with Crippen molar-refractivity contribution < 1.29 is 0 Å². The molecule has 1 aromatic rings. The van der Waals surface area contributed by atoms with E-state index in [1.165, 1.54) is 0 Å². The highest BCUT2D eigenvalue weighted by atomic mass is 15.1. The molecule has 0 bridgehead atoms. The number of nitriles is 1. The molecule has 0 saturated carbocycles. The Bertz CT molecular complexity index is 329. The topological polar surface area (TPSA) is 65.9 Å². The van der Waals surface area contributed by atoms with E-state index < -0.39 is 0 Å². The van der Waals surface area contributed by atoms with Crippen molar-refractivity contribution in [2.24, 2.45) is 0 Å². The molecule has 0 spiro atoms. The molecule has 0 amide bonds. The van der Waals surface area contributed by atoms with Crippen LogP contribution in [-0.2, 0) is 0 Å². The second-order valence-electron chi connectivity index (χ2n) is 2.92. The van der Waals surface area contributed by atoms with Crippen LogP contribution >= 0.6 is 0 Å². The number of nitrogens with two attached hydrogens (primary N) is 1. The Morgan fingerprint density at radius 3 is 3.00 bits per heavy atom. The second-order valence-corrected chi connectivity index (χ2v) is 2.92. The van der Waals surface area contributed by atoms with Gasteiger partial charge in [0, 0.05) is 19.3 Å². The molecule has 1 rings (SSSR count). The molecule has 0 aliphatic carbocycles. The normalized spacial score (nSPS) is 9.43. The third-order valence-corrected chi connectivity index (χ3v) is 2.04. The Kier molecular flexibility index (Phi) is 3.74. The highest BCUT2D eigenvalue weighted by Gasteiger charge is 2.06. The zero-order valence-electron chi connectivity index (χ0n) is 8.27. The van der Waals surface area contributed by atoms with Gasteiger partial charge in [0.25, 0.3) is 0 Å². The zero-order valence-corrected chi connectivity index (χ0v) is 8.27. The number of nitrogen functional groups attached to an aromatic ring is 1. The number of hydrogen-bond acceptors (Lipinski definition) is 4. The number of nitrogens with zero attached hydrogens (tertiary/aromatic N) is 3. The van der Waals surface area contributed by atoms with Crippen LogP contribution in [0.4, 0.5) is 11.4 Å². The standard InChI is InChI=1S/C10H14N4/c1-2-14(7-3-5-11)10-4-6-13-8-9(10)12/h4,6,8H,2-3,7,12H2,1H3. The lowest BCUT2D eigenvalue weighted by Gasteiger charge is -2.22. The number of aromatic nitrogens is 1. The third kappa shape index (κ3) is 2.36. The largest absolute Gasteiger partial charge is 0.396 e. The monoisotopic (exact) mass is 190 g/mol. The minimum absolute atomic E-state index is 0.510. The Labute approximate surface area is 84.0 Å². The zero-order chi connectivity index (χ0) is 10.4. The lowest BCUT2D eigenvalue weighted by molar-refractivity contribution is 0.827. The lowest BCUT2D eigenvalue weighted by Crippen LogP contribution is -2.24. The highest BCUT2D eigenvalue weighted by molar-refractivity contribution is 5.65. The summed E-state index contributed by atoms with van der Waals surface area (Å²) >= 11 is 0. The van der Waals surface area contributed by atoms with Crippen LogP contribution in [-0.4, -0.2) is 18.1 Å². The molecule has 0 unspecified atom stereocenters. The second kappa shape index (κ2) is 5.07. The van der Waals surface area contributed by atoms with E-state index >= 15 is 0 Å². The summed E-state index contributed by atoms with van der Waals surface area (Å²) in [5.74, 6) is 0. The first kappa shape index (κ1) is 10.3. The van der Waals surface area contributed by atoms with Gasteiger partial charge in [0.2, 0.25) is 0 Å². The summed E-state index contributed by atoms with van der Waals surface area (Å²) in [6.07, 6.45) is 3.85. The van der Waals surface area contributed by atoms with Gasteiger partial charge in [0.05, 0.1) is 30.1 Å². The molecule has 0 radical (unpaired) electrons. The third-order valence-electron chi connectivity index (χ3n) is 2.04. The number of anilines is 2. The molecule has 0 saturated heterocycles. The van der Waals surface area contributed by atoms with Crippen molar-refractivity contribution in [1.29, 1.82) is 5.26 Å². The summed E-state index contributed by atoms with van der Waals surface area (Å²) in [4.78, 5) is 5.99. The van der Waals surface area contributed by atoms with Gasteiger partial charge in [-0.25, -0.2) is 0 Å². The molecule has 4 heteroatoms. The minimum Gasteiger partial charge on any atom is -0.396 e. The van der Waals surface area contributed by atoms with Gasteiger partial charge in [0.15, 0.2) is 0 Å². The lowest BCUT2D eigenvalue weighted by atomic mass is 10.3. The molecule has 2 N–H and O–H groups in total. The van der Waals surface area contributed by atoms with E-state index in [-0.39, 0.29) is 0 Å². The van der Waals surface area contributed by atoms with E-state index in [4.69, 9.17) is 11.0 Å². The quantitative estimate of drug-likeness (QED) is 0.779. The molecule has 0 atom stereocenters. The smallest absolute Gasteiger partial charge is 0.0738 e. The molecule has 0 aromatic carbocycles. The Hall–Kier alpha value is -1.76. The van der Waals surface area contributed by atoms with E-state index in [2.05, 4.69) is 16.0 Å². The van der Waals surface area contributed by atoms with E-state index in [9.17, 15) is 0 Å². The maximum Gasteiger partial charge on any atom is 0.0738 e. The Morgan fingerprint density at radius 1 is 1.64 bits per heavy atom. The summed E-state index contributed by atoms with van der Waals surface area (Å²) in [6, 6.07) is 3.99. The van der Waals surface area contributed by atoms with Crippen molar-refractivity contribution in [2.45, 2.75) is 13.3 Å². The van der Waals surface area contributed by atoms with Crippen molar-refractivity contribution in [1.82, 2.24) is 4.98 Å². The molecular weight excluding hydrogens is 176 g/mol. The van der Waals surface area contributed by atoms with Gasteiger partial charge < -0.3 is 10.6 Å². The molecule has 1 heterocycles. The molecule has 14 heavy (non-hydrogen) atoms. The molecule has 4 nitrogen and oxygen atoms in total. The van der Waals surface area contributed by atoms with Crippen LogP contribution in [0.25, 0.3) is 0 Å². The fourth-order valence-electron chi connectivity index (χ4n) is 1.32. The first-order chi connectivity index (χ1) is 6.79. The van der Waals surface area contributed by atoms with Crippen molar-refractivity contribution >= 4 is 11.4 Å². The van der Waals surface area contributed by atoms with E-state index in [0.29, 0.717) is 18.7 Å². The molecule has 1 aromatic heterocycles. The Morgan fingerprint density at radius 2 is 2.43 bits per heavy atom. The van der Waals surface area contributed by atoms with Crippen LogP contribution in [0, 0.1) is 11.3 Å². The van der Waals surface area contributed by atoms with Gasteiger partial charge in [-0.1, -0.05) is 0 Å². The van der Waals surface area contributed by atoms with Crippen molar-refractivity contribution in [3.05, 3.63) is 18.5 Å². The van der Waals surface area contributed by atoms with Crippen molar-refractivity contribution in [3.63, 3.8) is 0 Å². The van der Waals surface area contributed by atoms with Crippen LogP contribution in [0.1, 0.15) is 13.3 Å². The first-order valence-corrected chi connectivity index (χ1v) is 4.61. The molecule has 0 fully saturated rings. The molecule has 74 valence electrons. The summed E-state index contributed by atoms with van der Waals surface area (Å²) in [7, 11) is 0. The summed E-state index contributed by atoms with van der Waals surface area (Å²) < 4.78 is 0. The van der Waals surface area contributed by atoms with Crippen LogP contribution < -0.4 is 10.6 Å². The maximum absolute atomic E-state index is 8.51. The van der Waals surface area contributed by atoms with E-state index in [1.54, 1.807) is 12.4 Å². The average molecular weight is 190 g/mol. The van der Waals surface area contributed by atoms with E-state index in [1.807, 2.05) is 13.0 Å². The van der Waals surface area contributed by atoms with Gasteiger partial charge in [-0.3, -0.25) is 4.98 Å². The predicted octanol–water partition coefficient (Wildman–Crippen LogP) is 1.40. The minimum atomic E-state index is 0.510. The molecular formula is C10H14N4. The fourth-order valence-corrected chi connectivity index (χ4v) is 1.32. The van der Waals surface area contributed by atoms with Crippen molar-refractivity contribution in [3.8, 4) is 6.07 Å². The van der Waals surface area contributed by atoms with Gasteiger partial charge in [-0.15, -0.1) is 0 Å². The van der Waals surface area contributed by atoms with E-state index in [0.717, 1.165) is 12.2 Å². The van der Waals surface area contributed by atoms with Crippen LogP contribution in [0.5, 0.6) is 0 Å². The fraction of sp³-hybridized carbons (Fsp3) is 0.400. The summed E-state index contributed by atoms with van der Waals surface area (Å²) in [5.41, 5.74) is 7.40. The van der Waals surface area contributed by atoms with Gasteiger partial charge in [-0.05, 0) is 13.0 Å². The average Bonchev–Trinajstić information content (AvgIpc) is 2.21. The molecule has 0 aliphatic heterocycles. The Balaban J connectivity index is 2.79. The first-order valence-electron chi connectivity index (χ1n) is 4.61. The predicted molar refractivity (Wildman–Crippen MR) is 56.8 cm³/mol. The summed E-state index contributed by atoms with van der Waals surface area (Å²) in [6.45, 7) is 3.59. The van der Waals surface area contributed by atoms with Crippen LogP contribution in [0.15, 0.2) is 18.5 Å². The van der Waals surface area contributed by atoms with Gasteiger partial charge >= 0.3 is 0 Å². The molecule has 0 aliphatic rings. The SMILES string of the molecule is CCN(CCC#N)c1ccncc1N. The van der Waals surface area contributed by atoms with Crippen molar-refractivity contribution in [2.75, 3.05) is 23.7 Å². The van der Waals surface area contributed by atoms with Gasteiger partial charge in [0.1, 0.15) is 0 Å². The van der Waals surface area contributed by atoms with Crippen LogP contribution in [0.2, 0.25) is 0 Å². The summed E-state index contributed by atoms with van der Waals surface area (Å²) in [5, 5.41) is 8.51. The van der Waals surface area contributed by atoms with Crippen LogP contribution in [0.3, 0.4) is 0 Å². The maximum atomic E-state index is 8.51. The highest BCUT2D eigenvalue weighted by Crippen LogP contribution is 2.20. The van der Waals surface area contributed by atoms with Gasteiger partial charge in [-0.2, -0.15) is 5.26 Å².